The highest BCUT2D eigenvalue weighted by atomic mass is 14.6. The molecule has 0 bridgehead atoms. The summed E-state index contributed by atoms with van der Waals surface area (Å²) >= 11 is 0. The van der Waals surface area contributed by atoms with Crippen LogP contribution in [-0.4, -0.2) is 0 Å². The average molecular weight is 168 g/mol. The van der Waals surface area contributed by atoms with E-state index < -0.39 is 0 Å². The third-order valence-electron chi connectivity index (χ3n) is 4.13. The fourth-order valence-corrected chi connectivity index (χ4v) is 2.85. The molecular weight excluding hydrogens is 144 g/mol. The van der Waals surface area contributed by atoms with E-state index in [4.69, 9.17) is 0 Å². The van der Waals surface area contributed by atoms with Crippen LogP contribution in [0.4, 0.5) is 0 Å². The molecule has 1 aliphatic rings. The molecule has 0 aromatic carbocycles. The van der Waals surface area contributed by atoms with Gasteiger partial charge in [-0.3, -0.25) is 0 Å². The fraction of sp³-hybridized carbons (Fsp3) is 1.00. The first-order valence-electron chi connectivity index (χ1n) is 5.54. The van der Waals surface area contributed by atoms with Crippen molar-refractivity contribution < 1.29 is 0 Å². The van der Waals surface area contributed by atoms with Crippen LogP contribution in [-0.2, 0) is 0 Å². The second-order valence-electron chi connectivity index (χ2n) is 5.12. The Kier molecular flexibility index (Phi) is 2.85. The van der Waals surface area contributed by atoms with Crippen LogP contribution in [0.25, 0.3) is 0 Å². The van der Waals surface area contributed by atoms with E-state index in [1.165, 1.54) is 19.3 Å². The largest absolute Gasteiger partial charge is 0.0654 e. The highest BCUT2D eigenvalue weighted by molar-refractivity contribution is 5.03. The quantitative estimate of drug-likeness (QED) is 0.592. The van der Waals surface area contributed by atoms with Crippen molar-refractivity contribution in [3.8, 4) is 0 Å². The first-order chi connectivity index (χ1) is 5.54. The van der Waals surface area contributed by atoms with Gasteiger partial charge >= 0.3 is 0 Å². The third kappa shape index (κ3) is 1.53. The average Bonchev–Trinajstić information content (AvgIpc) is 2.62. The van der Waals surface area contributed by atoms with Crippen molar-refractivity contribution in [1.82, 2.24) is 0 Å². The summed E-state index contributed by atoms with van der Waals surface area (Å²) < 4.78 is 0. The summed E-state index contributed by atoms with van der Waals surface area (Å²) in [6.07, 6.45) is 4.30. The zero-order valence-electron chi connectivity index (χ0n) is 9.35. The van der Waals surface area contributed by atoms with E-state index in [1.54, 1.807) is 0 Å². The molecule has 1 saturated carbocycles. The molecule has 0 radical (unpaired) electrons. The summed E-state index contributed by atoms with van der Waals surface area (Å²) in [5.74, 6) is 2.78. The van der Waals surface area contributed by atoms with Gasteiger partial charge < -0.3 is 0 Å². The van der Waals surface area contributed by atoms with Crippen molar-refractivity contribution in [1.29, 1.82) is 0 Å². The SMILES string of the molecule is CCCC1(C(C)C(C)C)CC1C. The molecule has 0 nitrogen and oxygen atoms in total. The summed E-state index contributed by atoms with van der Waals surface area (Å²) in [5.41, 5.74) is 0.739. The molecule has 1 fully saturated rings. The molecular formula is C12H24. The lowest BCUT2D eigenvalue weighted by atomic mass is 9.78. The van der Waals surface area contributed by atoms with E-state index in [0.29, 0.717) is 0 Å². The molecule has 72 valence electrons. The van der Waals surface area contributed by atoms with Crippen LogP contribution in [0, 0.1) is 23.2 Å². The van der Waals surface area contributed by atoms with Crippen LogP contribution in [0.1, 0.15) is 53.9 Å². The second kappa shape index (κ2) is 3.40. The third-order valence-corrected chi connectivity index (χ3v) is 4.13. The number of hydrogen-bond acceptors (Lipinski definition) is 0. The standard InChI is InChI=1S/C12H24/c1-6-7-12(8-10(12)4)11(5)9(2)3/h9-11H,6-8H2,1-5H3. The van der Waals surface area contributed by atoms with Crippen LogP contribution in [0.2, 0.25) is 0 Å². The molecule has 0 saturated heterocycles. The van der Waals surface area contributed by atoms with Crippen molar-refractivity contribution in [3.05, 3.63) is 0 Å². The Morgan fingerprint density at radius 1 is 1.33 bits per heavy atom. The lowest BCUT2D eigenvalue weighted by Crippen LogP contribution is -2.20. The lowest BCUT2D eigenvalue weighted by molar-refractivity contribution is 0.219. The van der Waals surface area contributed by atoms with Gasteiger partial charge in [-0.05, 0) is 36.0 Å². The molecule has 0 heteroatoms. The van der Waals surface area contributed by atoms with E-state index >= 15 is 0 Å². The van der Waals surface area contributed by atoms with Gasteiger partial charge in [-0.2, -0.15) is 0 Å². The molecule has 0 amide bonds. The Hall–Kier alpha value is 0. The van der Waals surface area contributed by atoms with Gasteiger partial charge in [0.25, 0.3) is 0 Å². The van der Waals surface area contributed by atoms with Gasteiger partial charge in [0.15, 0.2) is 0 Å². The minimum Gasteiger partial charge on any atom is -0.0654 e. The van der Waals surface area contributed by atoms with Crippen molar-refractivity contribution in [3.63, 3.8) is 0 Å². The maximum Gasteiger partial charge on any atom is -0.0241 e. The molecule has 0 heterocycles. The molecule has 0 aliphatic heterocycles. The van der Waals surface area contributed by atoms with Crippen molar-refractivity contribution in [2.45, 2.75) is 53.9 Å². The summed E-state index contributed by atoms with van der Waals surface area (Å²) in [4.78, 5) is 0. The molecule has 3 unspecified atom stereocenters. The van der Waals surface area contributed by atoms with Crippen molar-refractivity contribution in [2.24, 2.45) is 23.2 Å². The molecule has 0 aromatic rings. The molecule has 0 spiro atoms. The normalized spacial score (nSPS) is 37.0. The van der Waals surface area contributed by atoms with Crippen LogP contribution >= 0.6 is 0 Å². The first-order valence-corrected chi connectivity index (χ1v) is 5.54. The maximum atomic E-state index is 2.45. The summed E-state index contributed by atoms with van der Waals surface area (Å²) in [5, 5.41) is 0. The maximum absolute atomic E-state index is 2.45. The first kappa shape index (κ1) is 10.1. The molecule has 12 heavy (non-hydrogen) atoms. The smallest absolute Gasteiger partial charge is 0.0241 e. The Morgan fingerprint density at radius 2 is 1.83 bits per heavy atom. The molecule has 0 N–H and O–H groups in total. The van der Waals surface area contributed by atoms with Crippen LogP contribution in [0.3, 0.4) is 0 Å². The predicted molar refractivity (Wildman–Crippen MR) is 55.1 cm³/mol. The Balaban J connectivity index is 2.56. The summed E-state index contributed by atoms with van der Waals surface area (Å²) in [6.45, 7) is 11.9. The van der Waals surface area contributed by atoms with E-state index in [9.17, 15) is 0 Å². The summed E-state index contributed by atoms with van der Waals surface area (Å²) in [7, 11) is 0. The van der Waals surface area contributed by atoms with Gasteiger partial charge in [0.1, 0.15) is 0 Å². The van der Waals surface area contributed by atoms with Gasteiger partial charge in [-0.15, -0.1) is 0 Å². The van der Waals surface area contributed by atoms with Crippen molar-refractivity contribution in [2.75, 3.05) is 0 Å². The van der Waals surface area contributed by atoms with Gasteiger partial charge in [0.2, 0.25) is 0 Å². The van der Waals surface area contributed by atoms with E-state index in [1.807, 2.05) is 0 Å². The zero-order valence-corrected chi connectivity index (χ0v) is 9.35. The van der Waals surface area contributed by atoms with Crippen molar-refractivity contribution >= 4 is 0 Å². The van der Waals surface area contributed by atoms with Gasteiger partial charge in [0.05, 0.1) is 0 Å². The molecule has 0 aromatic heterocycles. The fourth-order valence-electron chi connectivity index (χ4n) is 2.85. The number of hydrogen-bond donors (Lipinski definition) is 0. The van der Waals surface area contributed by atoms with Gasteiger partial charge in [-0.25, -0.2) is 0 Å². The van der Waals surface area contributed by atoms with E-state index in [-0.39, 0.29) is 0 Å². The molecule has 1 aliphatic carbocycles. The highest BCUT2D eigenvalue weighted by Gasteiger charge is 2.53. The Morgan fingerprint density at radius 3 is 2.08 bits per heavy atom. The van der Waals surface area contributed by atoms with E-state index in [2.05, 4.69) is 34.6 Å². The Bertz CT molecular complexity index is 148. The predicted octanol–water partition coefficient (Wildman–Crippen LogP) is 4.10. The van der Waals surface area contributed by atoms with Crippen LogP contribution < -0.4 is 0 Å². The molecule has 3 atom stereocenters. The minimum atomic E-state index is 0.739. The van der Waals surface area contributed by atoms with E-state index in [0.717, 1.165) is 23.2 Å². The monoisotopic (exact) mass is 168 g/mol. The van der Waals surface area contributed by atoms with Gasteiger partial charge in [0, 0.05) is 0 Å². The second-order valence-corrected chi connectivity index (χ2v) is 5.12. The number of rotatable bonds is 4. The minimum absolute atomic E-state index is 0.739. The summed E-state index contributed by atoms with van der Waals surface area (Å²) in [6, 6.07) is 0. The van der Waals surface area contributed by atoms with Crippen LogP contribution in [0.15, 0.2) is 0 Å². The van der Waals surface area contributed by atoms with Gasteiger partial charge in [-0.1, -0.05) is 41.0 Å². The highest BCUT2D eigenvalue weighted by Crippen LogP contribution is 2.62. The molecule has 1 rings (SSSR count). The zero-order chi connectivity index (χ0) is 9.35. The lowest BCUT2D eigenvalue weighted by Gasteiger charge is -2.27. The topological polar surface area (TPSA) is 0 Å². The Labute approximate surface area is 77.7 Å². The van der Waals surface area contributed by atoms with Crippen LogP contribution in [0.5, 0.6) is 0 Å².